The summed E-state index contributed by atoms with van der Waals surface area (Å²) >= 11 is 5.87. The largest absolute Gasteiger partial charge is 0.305 e. The number of hydrogen-bond donors (Lipinski definition) is 1. The summed E-state index contributed by atoms with van der Waals surface area (Å²) in [6.45, 7) is 0. The van der Waals surface area contributed by atoms with Gasteiger partial charge in [0.15, 0.2) is 0 Å². The number of halogens is 1. The molecule has 1 fully saturated rings. The summed E-state index contributed by atoms with van der Waals surface area (Å²) in [6.07, 6.45) is 7.88. The Morgan fingerprint density at radius 2 is 2.10 bits per heavy atom. The first-order valence-corrected chi connectivity index (χ1v) is 7.08. The number of anilines is 1. The molecular formula is C14H15ClN4O. The van der Waals surface area contributed by atoms with Crippen molar-refractivity contribution in [1.29, 1.82) is 0 Å². The highest BCUT2D eigenvalue weighted by Crippen LogP contribution is 2.31. The normalized spacial score (nSPS) is 15.4. The SMILES string of the molecule is O=C(Nc1ccnn1C1CCCC1)c1cc(Cl)ccn1. The van der Waals surface area contributed by atoms with Crippen LogP contribution in [0, 0.1) is 0 Å². The van der Waals surface area contributed by atoms with Gasteiger partial charge in [0.1, 0.15) is 11.5 Å². The van der Waals surface area contributed by atoms with Gasteiger partial charge in [-0.15, -0.1) is 0 Å². The number of pyridine rings is 1. The molecule has 20 heavy (non-hydrogen) atoms. The molecule has 0 radical (unpaired) electrons. The molecule has 1 aliphatic carbocycles. The lowest BCUT2D eigenvalue weighted by atomic mass is 10.2. The van der Waals surface area contributed by atoms with Crippen molar-refractivity contribution in [2.24, 2.45) is 0 Å². The zero-order valence-electron chi connectivity index (χ0n) is 10.9. The minimum atomic E-state index is -0.271. The quantitative estimate of drug-likeness (QED) is 0.943. The van der Waals surface area contributed by atoms with E-state index in [4.69, 9.17) is 11.6 Å². The van der Waals surface area contributed by atoms with Crippen LogP contribution in [-0.2, 0) is 0 Å². The lowest BCUT2D eigenvalue weighted by Crippen LogP contribution is -2.18. The summed E-state index contributed by atoms with van der Waals surface area (Å²) in [7, 11) is 0. The maximum absolute atomic E-state index is 12.2. The monoisotopic (exact) mass is 290 g/mol. The van der Waals surface area contributed by atoms with E-state index in [9.17, 15) is 4.79 Å². The second-order valence-corrected chi connectivity index (χ2v) is 5.35. The maximum atomic E-state index is 12.2. The van der Waals surface area contributed by atoms with E-state index in [-0.39, 0.29) is 5.91 Å². The van der Waals surface area contributed by atoms with Crippen LogP contribution in [0.5, 0.6) is 0 Å². The first-order chi connectivity index (χ1) is 9.74. The van der Waals surface area contributed by atoms with E-state index >= 15 is 0 Å². The molecule has 0 saturated heterocycles. The van der Waals surface area contributed by atoms with Crippen LogP contribution in [0.1, 0.15) is 42.2 Å². The Kier molecular flexibility index (Phi) is 3.69. The third-order valence-electron chi connectivity index (χ3n) is 3.54. The van der Waals surface area contributed by atoms with Crippen LogP contribution in [0.15, 0.2) is 30.6 Å². The number of nitrogens with one attached hydrogen (secondary N) is 1. The van der Waals surface area contributed by atoms with Crippen molar-refractivity contribution in [2.75, 3.05) is 5.32 Å². The average Bonchev–Trinajstić information content (AvgIpc) is 3.08. The number of aromatic nitrogens is 3. The van der Waals surface area contributed by atoms with Crippen molar-refractivity contribution in [1.82, 2.24) is 14.8 Å². The number of carbonyl (C=O) groups is 1. The predicted octanol–water partition coefficient (Wildman–Crippen LogP) is 3.30. The van der Waals surface area contributed by atoms with Crippen LogP contribution >= 0.6 is 11.6 Å². The summed E-state index contributed by atoms with van der Waals surface area (Å²) in [5.74, 6) is 0.441. The lowest BCUT2D eigenvalue weighted by Gasteiger charge is -2.14. The third-order valence-corrected chi connectivity index (χ3v) is 3.77. The molecule has 2 aromatic rings. The van der Waals surface area contributed by atoms with Crippen molar-refractivity contribution in [2.45, 2.75) is 31.7 Å². The Labute approximate surface area is 122 Å². The Balaban J connectivity index is 1.78. The van der Waals surface area contributed by atoms with Crippen molar-refractivity contribution in [3.63, 3.8) is 0 Å². The minimum absolute atomic E-state index is 0.271. The van der Waals surface area contributed by atoms with E-state index in [1.54, 1.807) is 24.4 Å². The molecule has 1 N–H and O–H groups in total. The molecule has 6 heteroatoms. The van der Waals surface area contributed by atoms with Gasteiger partial charge < -0.3 is 5.32 Å². The molecule has 3 rings (SSSR count). The first kappa shape index (κ1) is 13.1. The number of carbonyl (C=O) groups excluding carboxylic acids is 1. The van der Waals surface area contributed by atoms with Gasteiger partial charge in [0.05, 0.1) is 12.2 Å². The molecular weight excluding hydrogens is 276 g/mol. The molecule has 1 amide bonds. The van der Waals surface area contributed by atoms with Crippen LogP contribution in [-0.4, -0.2) is 20.7 Å². The van der Waals surface area contributed by atoms with Gasteiger partial charge in [-0.2, -0.15) is 5.10 Å². The highest BCUT2D eigenvalue weighted by Gasteiger charge is 2.21. The molecule has 0 bridgehead atoms. The number of nitrogens with zero attached hydrogens (tertiary/aromatic N) is 3. The van der Waals surface area contributed by atoms with Crippen LogP contribution in [0.4, 0.5) is 5.82 Å². The first-order valence-electron chi connectivity index (χ1n) is 6.70. The molecule has 0 aliphatic heterocycles. The van der Waals surface area contributed by atoms with E-state index in [0.29, 0.717) is 22.6 Å². The van der Waals surface area contributed by atoms with Crippen LogP contribution in [0.3, 0.4) is 0 Å². The fraction of sp³-hybridized carbons (Fsp3) is 0.357. The minimum Gasteiger partial charge on any atom is -0.305 e. The Hall–Kier alpha value is -1.88. The molecule has 1 aliphatic rings. The van der Waals surface area contributed by atoms with Gasteiger partial charge in [-0.3, -0.25) is 9.78 Å². The standard InChI is InChI=1S/C14H15ClN4O/c15-10-5-7-16-12(9-10)14(20)18-13-6-8-17-19(13)11-3-1-2-4-11/h5-9,11H,1-4H2,(H,18,20). The summed E-state index contributed by atoms with van der Waals surface area (Å²) in [5.41, 5.74) is 0.302. The maximum Gasteiger partial charge on any atom is 0.275 e. The highest BCUT2D eigenvalue weighted by molar-refractivity contribution is 6.30. The van der Waals surface area contributed by atoms with Gasteiger partial charge >= 0.3 is 0 Å². The van der Waals surface area contributed by atoms with Gasteiger partial charge in [0.25, 0.3) is 5.91 Å². The lowest BCUT2D eigenvalue weighted by molar-refractivity contribution is 0.102. The Morgan fingerprint density at radius 3 is 2.85 bits per heavy atom. The second-order valence-electron chi connectivity index (χ2n) is 4.91. The fourth-order valence-corrected chi connectivity index (χ4v) is 2.72. The predicted molar refractivity (Wildman–Crippen MR) is 76.9 cm³/mol. The molecule has 1 saturated carbocycles. The zero-order valence-corrected chi connectivity index (χ0v) is 11.7. The van der Waals surface area contributed by atoms with Crippen molar-refractivity contribution in [3.05, 3.63) is 41.3 Å². The van der Waals surface area contributed by atoms with Gasteiger partial charge in [-0.05, 0) is 25.0 Å². The molecule has 2 heterocycles. The Bertz CT molecular complexity index is 619. The summed E-state index contributed by atoms with van der Waals surface area (Å²) in [6, 6.07) is 5.38. The van der Waals surface area contributed by atoms with Crippen molar-refractivity contribution in [3.8, 4) is 0 Å². The Morgan fingerprint density at radius 1 is 1.30 bits per heavy atom. The summed E-state index contributed by atoms with van der Waals surface area (Å²) in [5, 5.41) is 7.66. The van der Waals surface area contributed by atoms with E-state index in [0.717, 1.165) is 12.8 Å². The molecule has 0 spiro atoms. The second kappa shape index (κ2) is 5.63. The molecule has 0 atom stereocenters. The molecule has 0 unspecified atom stereocenters. The third kappa shape index (κ3) is 2.67. The molecule has 2 aromatic heterocycles. The van der Waals surface area contributed by atoms with Gasteiger partial charge in [-0.25, -0.2) is 4.68 Å². The van der Waals surface area contributed by atoms with Gasteiger partial charge in [-0.1, -0.05) is 24.4 Å². The van der Waals surface area contributed by atoms with E-state index < -0.39 is 0 Å². The molecule has 5 nitrogen and oxygen atoms in total. The molecule has 0 aromatic carbocycles. The summed E-state index contributed by atoms with van der Waals surface area (Å²) < 4.78 is 1.90. The van der Waals surface area contributed by atoms with Crippen molar-refractivity contribution >= 4 is 23.3 Å². The molecule has 104 valence electrons. The average molecular weight is 291 g/mol. The van der Waals surface area contributed by atoms with E-state index in [1.165, 1.54) is 19.0 Å². The topological polar surface area (TPSA) is 59.8 Å². The number of amides is 1. The van der Waals surface area contributed by atoms with Crippen LogP contribution < -0.4 is 5.32 Å². The van der Waals surface area contributed by atoms with Crippen molar-refractivity contribution < 1.29 is 4.79 Å². The van der Waals surface area contributed by atoms with Crippen LogP contribution in [0.25, 0.3) is 0 Å². The van der Waals surface area contributed by atoms with Crippen LogP contribution in [0.2, 0.25) is 5.02 Å². The van der Waals surface area contributed by atoms with Gasteiger partial charge in [0, 0.05) is 17.3 Å². The number of hydrogen-bond acceptors (Lipinski definition) is 3. The fourth-order valence-electron chi connectivity index (χ4n) is 2.56. The highest BCUT2D eigenvalue weighted by atomic mass is 35.5. The zero-order chi connectivity index (χ0) is 13.9. The van der Waals surface area contributed by atoms with E-state index in [2.05, 4.69) is 15.4 Å². The van der Waals surface area contributed by atoms with E-state index in [1.807, 2.05) is 4.68 Å². The summed E-state index contributed by atoms with van der Waals surface area (Å²) in [4.78, 5) is 16.2. The van der Waals surface area contributed by atoms with Gasteiger partial charge in [0.2, 0.25) is 0 Å². The number of rotatable bonds is 3. The smallest absolute Gasteiger partial charge is 0.275 e.